The Hall–Kier alpha value is -1.95. The number of rotatable bonds is 2. The molecule has 0 spiro atoms. The summed E-state index contributed by atoms with van der Waals surface area (Å²) in [5.41, 5.74) is 0.528. The Morgan fingerprint density at radius 3 is 2.76 bits per heavy atom. The molecule has 0 fully saturated rings. The summed E-state index contributed by atoms with van der Waals surface area (Å²) in [5, 5.41) is 2.61. The van der Waals surface area contributed by atoms with Gasteiger partial charge in [0.15, 0.2) is 5.89 Å². The molecule has 1 N–H and O–H groups in total. The van der Waals surface area contributed by atoms with Gasteiger partial charge in [-0.15, -0.1) is 0 Å². The Balaban J connectivity index is 2.20. The fraction of sp³-hybridized carbons (Fsp3) is 0.200. The van der Waals surface area contributed by atoms with Crippen molar-refractivity contribution in [3.63, 3.8) is 0 Å². The van der Waals surface area contributed by atoms with Crippen molar-refractivity contribution in [2.24, 2.45) is 0 Å². The van der Waals surface area contributed by atoms with Crippen LogP contribution in [-0.2, 0) is 0 Å². The molecule has 2 heterocycles. The highest BCUT2D eigenvalue weighted by Gasteiger charge is 2.16. The summed E-state index contributed by atoms with van der Waals surface area (Å²) in [6, 6.07) is 1.53. The first-order valence-electron chi connectivity index (χ1n) is 4.80. The molecule has 1 amide bonds. The highest BCUT2D eigenvalue weighted by Crippen LogP contribution is 2.12. The number of hydrogen-bond acceptors (Lipinski definition) is 5. The predicted octanol–water partition coefficient (Wildman–Crippen LogP) is 1.99. The number of hydrogen-bond donors (Lipinski definition) is 1. The lowest BCUT2D eigenvalue weighted by Gasteiger charge is -2.01. The Morgan fingerprint density at radius 2 is 2.18 bits per heavy atom. The van der Waals surface area contributed by atoms with E-state index in [1.165, 1.54) is 12.3 Å². The number of nitrogens with one attached hydrogen (secondary N) is 1. The SMILES string of the molecule is Cc1nc(C)c(C(=O)Nc2ccnc(Cl)n2)o1. The Labute approximate surface area is 102 Å². The van der Waals surface area contributed by atoms with Gasteiger partial charge in [-0.1, -0.05) is 0 Å². The zero-order valence-corrected chi connectivity index (χ0v) is 9.95. The fourth-order valence-electron chi connectivity index (χ4n) is 1.32. The number of halogens is 1. The molecule has 7 heteroatoms. The summed E-state index contributed by atoms with van der Waals surface area (Å²) in [6.45, 7) is 3.36. The van der Waals surface area contributed by atoms with Gasteiger partial charge in [-0.2, -0.15) is 0 Å². The molecule has 0 aliphatic rings. The quantitative estimate of drug-likeness (QED) is 0.827. The molecule has 0 radical (unpaired) electrons. The summed E-state index contributed by atoms with van der Waals surface area (Å²) in [5.74, 6) is 0.493. The minimum Gasteiger partial charge on any atom is -0.436 e. The number of oxazole rings is 1. The Morgan fingerprint density at radius 1 is 1.41 bits per heavy atom. The van der Waals surface area contributed by atoms with Gasteiger partial charge in [0.1, 0.15) is 5.82 Å². The van der Waals surface area contributed by atoms with E-state index in [9.17, 15) is 4.79 Å². The third-order valence-electron chi connectivity index (χ3n) is 1.98. The van der Waals surface area contributed by atoms with Gasteiger partial charge < -0.3 is 9.73 Å². The fourth-order valence-corrected chi connectivity index (χ4v) is 1.47. The molecule has 0 atom stereocenters. The molecule has 2 aromatic heterocycles. The van der Waals surface area contributed by atoms with E-state index in [1.54, 1.807) is 13.8 Å². The van der Waals surface area contributed by atoms with Gasteiger partial charge in [0.05, 0.1) is 5.69 Å². The van der Waals surface area contributed by atoms with Gasteiger partial charge in [0.2, 0.25) is 11.0 Å². The van der Waals surface area contributed by atoms with Gasteiger partial charge in [-0.3, -0.25) is 4.79 Å². The second-order valence-electron chi connectivity index (χ2n) is 3.31. The molecule has 17 heavy (non-hydrogen) atoms. The van der Waals surface area contributed by atoms with Gasteiger partial charge in [-0.25, -0.2) is 15.0 Å². The lowest BCUT2D eigenvalue weighted by Crippen LogP contribution is -2.13. The molecule has 0 aliphatic carbocycles. The molecule has 2 aromatic rings. The second kappa shape index (κ2) is 4.50. The maximum Gasteiger partial charge on any atom is 0.294 e. The number of amides is 1. The van der Waals surface area contributed by atoms with Crippen LogP contribution in [0.25, 0.3) is 0 Å². The van der Waals surface area contributed by atoms with E-state index in [0.29, 0.717) is 17.4 Å². The average Bonchev–Trinajstić information content (AvgIpc) is 2.58. The van der Waals surface area contributed by atoms with Crippen LogP contribution in [0.5, 0.6) is 0 Å². The first kappa shape index (κ1) is 11.5. The molecular formula is C10H9ClN4O2. The maximum atomic E-state index is 11.8. The number of aromatic nitrogens is 3. The van der Waals surface area contributed by atoms with E-state index >= 15 is 0 Å². The largest absolute Gasteiger partial charge is 0.436 e. The predicted molar refractivity (Wildman–Crippen MR) is 61.0 cm³/mol. The van der Waals surface area contributed by atoms with Crippen molar-refractivity contribution in [2.75, 3.05) is 5.32 Å². The number of carbonyl (C=O) groups excluding carboxylic acids is 1. The van der Waals surface area contributed by atoms with Gasteiger partial charge >= 0.3 is 0 Å². The van der Waals surface area contributed by atoms with Crippen LogP contribution in [0.15, 0.2) is 16.7 Å². The molecule has 0 saturated heterocycles. The molecule has 6 nitrogen and oxygen atoms in total. The molecule has 0 aliphatic heterocycles. The monoisotopic (exact) mass is 252 g/mol. The van der Waals surface area contributed by atoms with E-state index in [-0.39, 0.29) is 11.0 Å². The average molecular weight is 253 g/mol. The smallest absolute Gasteiger partial charge is 0.294 e. The van der Waals surface area contributed by atoms with Crippen molar-refractivity contribution >= 4 is 23.3 Å². The van der Waals surface area contributed by atoms with E-state index in [1.807, 2.05) is 0 Å². The number of aryl methyl sites for hydroxylation is 2. The lowest BCUT2D eigenvalue weighted by atomic mass is 10.3. The van der Waals surface area contributed by atoms with Crippen LogP contribution in [-0.4, -0.2) is 20.9 Å². The highest BCUT2D eigenvalue weighted by atomic mass is 35.5. The highest BCUT2D eigenvalue weighted by molar-refractivity contribution is 6.28. The van der Waals surface area contributed by atoms with Crippen molar-refractivity contribution in [3.8, 4) is 0 Å². The summed E-state index contributed by atoms with van der Waals surface area (Å²) in [4.78, 5) is 23.4. The van der Waals surface area contributed by atoms with Crippen molar-refractivity contribution in [3.05, 3.63) is 34.9 Å². The Kier molecular flexibility index (Phi) is 3.06. The first-order chi connectivity index (χ1) is 8.06. The van der Waals surface area contributed by atoms with Crippen molar-refractivity contribution in [1.29, 1.82) is 0 Å². The summed E-state index contributed by atoms with van der Waals surface area (Å²) < 4.78 is 5.18. The molecule has 2 rings (SSSR count). The van der Waals surface area contributed by atoms with Crippen LogP contribution in [0.3, 0.4) is 0 Å². The summed E-state index contributed by atoms with van der Waals surface area (Å²) >= 11 is 5.60. The van der Waals surface area contributed by atoms with E-state index in [4.69, 9.17) is 16.0 Å². The van der Waals surface area contributed by atoms with Crippen LogP contribution in [0.1, 0.15) is 22.1 Å². The molecule has 0 unspecified atom stereocenters. The summed E-state index contributed by atoms with van der Waals surface area (Å²) in [7, 11) is 0. The van der Waals surface area contributed by atoms with E-state index < -0.39 is 5.91 Å². The van der Waals surface area contributed by atoms with Gasteiger partial charge in [0, 0.05) is 13.1 Å². The maximum absolute atomic E-state index is 11.8. The van der Waals surface area contributed by atoms with Crippen molar-refractivity contribution < 1.29 is 9.21 Å². The van der Waals surface area contributed by atoms with E-state index in [2.05, 4.69) is 20.3 Å². The molecule has 88 valence electrons. The molecule has 0 aromatic carbocycles. The van der Waals surface area contributed by atoms with E-state index in [0.717, 1.165) is 0 Å². The normalized spacial score (nSPS) is 10.3. The van der Waals surface area contributed by atoms with Crippen LogP contribution in [0, 0.1) is 13.8 Å². The third-order valence-corrected chi connectivity index (χ3v) is 2.16. The number of carbonyl (C=O) groups is 1. The minimum absolute atomic E-state index is 0.0632. The summed E-state index contributed by atoms with van der Waals surface area (Å²) in [6.07, 6.45) is 1.45. The Bertz CT molecular complexity index is 567. The molecule has 0 bridgehead atoms. The lowest BCUT2D eigenvalue weighted by molar-refractivity contribution is 0.0994. The third kappa shape index (κ3) is 2.59. The zero-order valence-electron chi connectivity index (χ0n) is 9.19. The van der Waals surface area contributed by atoms with Gasteiger partial charge in [-0.05, 0) is 24.6 Å². The van der Waals surface area contributed by atoms with Crippen LogP contribution < -0.4 is 5.32 Å². The second-order valence-corrected chi connectivity index (χ2v) is 3.65. The first-order valence-corrected chi connectivity index (χ1v) is 5.18. The van der Waals surface area contributed by atoms with Crippen molar-refractivity contribution in [2.45, 2.75) is 13.8 Å². The number of anilines is 1. The van der Waals surface area contributed by atoms with Crippen LogP contribution in [0.4, 0.5) is 5.82 Å². The van der Waals surface area contributed by atoms with Crippen LogP contribution in [0.2, 0.25) is 5.28 Å². The molecular weight excluding hydrogens is 244 g/mol. The standard InChI is InChI=1S/C10H9ClN4O2/c1-5-8(17-6(2)13-5)9(16)14-7-3-4-12-10(11)15-7/h3-4H,1-2H3,(H,12,14,15,16). The zero-order chi connectivity index (χ0) is 12.4. The van der Waals surface area contributed by atoms with Crippen molar-refractivity contribution in [1.82, 2.24) is 15.0 Å². The van der Waals surface area contributed by atoms with Crippen LogP contribution >= 0.6 is 11.6 Å². The van der Waals surface area contributed by atoms with Gasteiger partial charge in [0.25, 0.3) is 5.91 Å². The number of nitrogens with zero attached hydrogens (tertiary/aromatic N) is 3. The molecule has 0 saturated carbocycles. The topological polar surface area (TPSA) is 80.9 Å². The minimum atomic E-state index is -0.419.